The van der Waals surface area contributed by atoms with E-state index >= 15 is 0 Å². The zero-order valence-corrected chi connectivity index (χ0v) is 26.0. The van der Waals surface area contributed by atoms with Gasteiger partial charge >= 0.3 is 5.97 Å². The van der Waals surface area contributed by atoms with Crippen LogP contribution in [0.1, 0.15) is 126 Å². The number of aliphatic carboxylic acids is 1. The van der Waals surface area contributed by atoms with E-state index in [1.807, 2.05) is 0 Å². The topological polar surface area (TPSA) is 55.8 Å². The van der Waals surface area contributed by atoms with Crippen molar-refractivity contribution >= 4 is 5.97 Å². The van der Waals surface area contributed by atoms with Gasteiger partial charge < -0.3 is 14.6 Å². The van der Waals surface area contributed by atoms with Crippen LogP contribution in [0.3, 0.4) is 0 Å². The van der Waals surface area contributed by atoms with E-state index in [-0.39, 0.29) is 40.0 Å². The van der Waals surface area contributed by atoms with Gasteiger partial charge in [-0.1, -0.05) is 60.1 Å². The first-order valence-corrected chi connectivity index (χ1v) is 16.5. The number of hydrogen-bond acceptors (Lipinski definition) is 3. The minimum atomic E-state index is -0.555. The molecule has 1 heterocycles. The summed E-state index contributed by atoms with van der Waals surface area (Å²) in [5.41, 5.74) is 1.69. The third kappa shape index (κ3) is 3.78. The molecule has 6 rings (SSSR count). The van der Waals surface area contributed by atoms with Crippen LogP contribution in [0, 0.1) is 56.7 Å². The van der Waals surface area contributed by atoms with Crippen molar-refractivity contribution < 1.29 is 19.4 Å². The Morgan fingerprint density at radius 2 is 1.69 bits per heavy atom. The second-order valence-corrected chi connectivity index (χ2v) is 16.4. The predicted octanol–water partition coefficient (Wildman–Crippen LogP) is 8.64. The second-order valence-electron chi connectivity index (χ2n) is 16.4. The molecule has 0 aromatic heterocycles. The van der Waals surface area contributed by atoms with Gasteiger partial charge in [0.15, 0.2) is 6.29 Å². The van der Waals surface area contributed by atoms with E-state index in [0.717, 1.165) is 58.0 Å². The third-order valence-corrected chi connectivity index (χ3v) is 14.8. The third-order valence-electron chi connectivity index (χ3n) is 14.8. The summed E-state index contributed by atoms with van der Waals surface area (Å²) in [6, 6.07) is 0. The molecule has 1 N–H and O–H groups in total. The molecule has 0 radical (unpaired) electrons. The Labute approximate surface area is 238 Å². The van der Waals surface area contributed by atoms with E-state index in [2.05, 4.69) is 54.5 Å². The summed E-state index contributed by atoms with van der Waals surface area (Å²) in [6.45, 7) is 18.4. The summed E-state index contributed by atoms with van der Waals surface area (Å²) in [7, 11) is 0. The van der Waals surface area contributed by atoms with Gasteiger partial charge in [0.2, 0.25) is 0 Å². The molecule has 0 amide bonds. The quantitative estimate of drug-likeness (QED) is 0.287. The molecule has 0 bridgehead atoms. The van der Waals surface area contributed by atoms with Crippen LogP contribution in [0.4, 0.5) is 0 Å². The van der Waals surface area contributed by atoms with E-state index in [1.54, 1.807) is 5.57 Å². The van der Waals surface area contributed by atoms with Crippen molar-refractivity contribution in [1.29, 1.82) is 0 Å². The van der Waals surface area contributed by atoms with E-state index in [0.29, 0.717) is 23.7 Å². The maximum absolute atomic E-state index is 12.9. The van der Waals surface area contributed by atoms with Crippen LogP contribution in [0.5, 0.6) is 0 Å². The SMILES string of the molecule is CC1C2C3=CCC4C5(C)CCC(OC6CCCCO6)C(C)(C)C5CCC4(C)[C@]3(C)CCC2(C(=O)O)CC[C@H]1C. The summed E-state index contributed by atoms with van der Waals surface area (Å²) in [6.07, 6.45) is 16.0. The van der Waals surface area contributed by atoms with Crippen molar-refractivity contribution in [2.24, 2.45) is 56.7 Å². The van der Waals surface area contributed by atoms with Crippen molar-refractivity contribution in [3.63, 3.8) is 0 Å². The number of allylic oxidation sites excluding steroid dienone is 2. The molecule has 4 nitrogen and oxygen atoms in total. The van der Waals surface area contributed by atoms with Crippen LogP contribution in [-0.2, 0) is 14.3 Å². The first kappa shape index (κ1) is 28.3. The number of ether oxygens (including phenoxy) is 2. The van der Waals surface area contributed by atoms with Gasteiger partial charge in [0.25, 0.3) is 0 Å². The van der Waals surface area contributed by atoms with Gasteiger partial charge in [0.1, 0.15) is 0 Å². The molecule has 5 fully saturated rings. The zero-order valence-electron chi connectivity index (χ0n) is 26.0. The number of carboxylic acids is 1. The molecule has 1 saturated heterocycles. The number of fused-ring (bicyclic) bond motifs is 7. The smallest absolute Gasteiger partial charge is 0.310 e. The van der Waals surface area contributed by atoms with E-state index < -0.39 is 11.4 Å². The maximum Gasteiger partial charge on any atom is 0.310 e. The van der Waals surface area contributed by atoms with Crippen molar-refractivity contribution in [2.45, 2.75) is 138 Å². The van der Waals surface area contributed by atoms with E-state index in [4.69, 9.17) is 9.47 Å². The summed E-state index contributed by atoms with van der Waals surface area (Å²) < 4.78 is 12.8. The molecule has 5 aliphatic carbocycles. The summed E-state index contributed by atoms with van der Waals surface area (Å²) in [4.78, 5) is 12.9. The number of carboxylic acid groups (broad SMARTS) is 1. The largest absolute Gasteiger partial charge is 0.481 e. The minimum absolute atomic E-state index is 0.0167. The molecule has 1 aliphatic heterocycles. The lowest BCUT2D eigenvalue weighted by Crippen LogP contribution is -2.65. The highest BCUT2D eigenvalue weighted by Gasteiger charge is 2.69. The van der Waals surface area contributed by atoms with Crippen LogP contribution in [-0.4, -0.2) is 30.1 Å². The highest BCUT2D eigenvalue weighted by molar-refractivity contribution is 5.76. The fourth-order valence-electron chi connectivity index (χ4n) is 12.1. The highest BCUT2D eigenvalue weighted by atomic mass is 16.7. The van der Waals surface area contributed by atoms with Crippen LogP contribution in [0.2, 0.25) is 0 Å². The van der Waals surface area contributed by atoms with Crippen molar-refractivity contribution in [1.82, 2.24) is 0 Å². The zero-order chi connectivity index (χ0) is 28.0. The first-order chi connectivity index (χ1) is 18.3. The number of carbonyl (C=O) groups is 1. The molecule has 220 valence electrons. The summed E-state index contributed by atoms with van der Waals surface area (Å²) in [5, 5.41) is 10.6. The fourth-order valence-corrected chi connectivity index (χ4v) is 12.1. The Bertz CT molecular complexity index is 1010. The van der Waals surface area contributed by atoms with Crippen molar-refractivity contribution in [2.75, 3.05) is 6.61 Å². The molecule has 9 unspecified atom stereocenters. The highest BCUT2D eigenvalue weighted by Crippen LogP contribution is 2.75. The van der Waals surface area contributed by atoms with E-state index in [1.165, 1.54) is 25.7 Å². The Kier molecular flexibility index (Phi) is 6.75. The van der Waals surface area contributed by atoms with Gasteiger partial charge in [0.05, 0.1) is 11.5 Å². The van der Waals surface area contributed by atoms with Crippen LogP contribution in [0.15, 0.2) is 11.6 Å². The molecule has 4 heteroatoms. The fraction of sp³-hybridized carbons (Fsp3) is 0.914. The second kappa shape index (κ2) is 9.32. The van der Waals surface area contributed by atoms with E-state index in [9.17, 15) is 9.90 Å². The number of hydrogen-bond donors (Lipinski definition) is 1. The standard InChI is InChI=1S/C35H56O4/c1-22-13-18-35(30(36)37)20-19-33(6)24(29(35)23(22)2)11-12-26-32(5)16-15-27(39-28-10-8-9-21-38-28)31(3,4)25(32)14-17-34(26,33)7/h11,22-23,25-29H,8-10,12-21H2,1-7H3,(H,36,37)/t22-,23?,25?,26?,27?,28?,29?,32?,33-,34?,35?/m1/s1. The van der Waals surface area contributed by atoms with Gasteiger partial charge in [-0.05, 0) is 128 Å². The average molecular weight is 541 g/mol. The molecule has 39 heavy (non-hydrogen) atoms. The molecule has 0 aromatic carbocycles. The monoisotopic (exact) mass is 540 g/mol. The average Bonchev–Trinajstić information content (AvgIpc) is 2.89. The lowest BCUT2D eigenvalue weighted by atomic mass is 9.33. The minimum Gasteiger partial charge on any atom is -0.481 e. The normalized spacial score (nSPS) is 52.9. The Morgan fingerprint density at radius 1 is 0.923 bits per heavy atom. The maximum atomic E-state index is 12.9. The van der Waals surface area contributed by atoms with Gasteiger partial charge in [0, 0.05) is 6.61 Å². The van der Waals surface area contributed by atoms with Crippen molar-refractivity contribution in [3.05, 3.63) is 11.6 Å². The first-order valence-electron chi connectivity index (χ1n) is 16.5. The number of rotatable bonds is 3. The Balaban J connectivity index is 1.34. The lowest BCUT2D eigenvalue weighted by Gasteiger charge is -2.71. The predicted molar refractivity (Wildman–Crippen MR) is 155 cm³/mol. The van der Waals surface area contributed by atoms with Crippen molar-refractivity contribution in [3.8, 4) is 0 Å². The molecule has 0 spiro atoms. The summed E-state index contributed by atoms with van der Waals surface area (Å²) >= 11 is 0. The molecule has 6 aliphatic rings. The summed E-state index contributed by atoms with van der Waals surface area (Å²) in [5.74, 6) is 1.96. The van der Waals surface area contributed by atoms with Crippen LogP contribution < -0.4 is 0 Å². The van der Waals surface area contributed by atoms with Gasteiger partial charge in [-0.2, -0.15) is 0 Å². The molecule has 4 saturated carbocycles. The molecular formula is C35H56O4. The van der Waals surface area contributed by atoms with Gasteiger partial charge in [-0.15, -0.1) is 0 Å². The Hall–Kier alpha value is -0.870. The molecular weight excluding hydrogens is 484 g/mol. The van der Waals surface area contributed by atoms with Crippen LogP contribution >= 0.6 is 0 Å². The Morgan fingerprint density at radius 3 is 2.38 bits per heavy atom. The molecule has 0 aromatic rings. The van der Waals surface area contributed by atoms with Crippen LogP contribution in [0.25, 0.3) is 0 Å². The molecule has 11 atom stereocenters. The lowest BCUT2D eigenvalue weighted by molar-refractivity contribution is -0.257. The van der Waals surface area contributed by atoms with Gasteiger partial charge in [-0.3, -0.25) is 4.79 Å². The van der Waals surface area contributed by atoms with Gasteiger partial charge in [-0.25, -0.2) is 0 Å².